The second kappa shape index (κ2) is 13.3. The predicted molar refractivity (Wildman–Crippen MR) is 124 cm³/mol. The highest BCUT2D eigenvalue weighted by molar-refractivity contribution is 14.1. The fourth-order valence-electron chi connectivity index (χ4n) is 2.09. The van der Waals surface area contributed by atoms with E-state index in [1.807, 2.05) is 12.1 Å². The normalized spacial score (nSPS) is 10.4. The molecular weight excluding hydrogens is 661 g/mol. The van der Waals surface area contributed by atoms with E-state index in [0.717, 1.165) is 49.2 Å². The number of carbonyl (C=O) groups excluding carboxylic acids is 2. The highest BCUT2D eigenvalue weighted by Gasteiger charge is 2.14. The predicted octanol–water partition coefficient (Wildman–Crippen LogP) is 5.73. The minimum absolute atomic E-state index is 0.245. The van der Waals surface area contributed by atoms with Crippen molar-refractivity contribution in [1.29, 1.82) is 0 Å². The number of benzene rings is 1. The van der Waals surface area contributed by atoms with Gasteiger partial charge in [0.25, 0.3) is 0 Å². The van der Waals surface area contributed by atoms with Crippen LogP contribution in [0.15, 0.2) is 24.8 Å². The molecule has 0 aliphatic heterocycles. The van der Waals surface area contributed by atoms with Gasteiger partial charge in [0.1, 0.15) is 0 Å². The van der Waals surface area contributed by atoms with E-state index in [1.165, 1.54) is 6.08 Å². The molecule has 1 aromatic rings. The van der Waals surface area contributed by atoms with Crippen LogP contribution in [-0.4, -0.2) is 25.2 Å². The molecule has 25 heavy (non-hydrogen) atoms. The van der Waals surface area contributed by atoms with Crippen molar-refractivity contribution < 1.29 is 19.1 Å². The molecule has 0 saturated carbocycles. The van der Waals surface area contributed by atoms with Gasteiger partial charge in [-0.05, 0) is 92.7 Å². The molecule has 0 saturated heterocycles. The van der Waals surface area contributed by atoms with Crippen LogP contribution >= 0.6 is 67.8 Å². The standard InChI is InChI=1S/C18H21I3O4/c1-2-16(22)24-9-7-5-3-4-6-8-10-25-18(23)14-11-13(19)12-15(20)17(14)21/h2,11-12H,1,3-10H2. The monoisotopic (exact) mass is 682 g/mol. The van der Waals surface area contributed by atoms with Gasteiger partial charge in [-0.2, -0.15) is 0 Å². The molecule has 0 heterocycles. The zero-order valence-electron chi connectivity index (χ0n) is 13.9. The Hall–Kier alpha value is 0.0900. The Morgan fingerprint density at radius 2 is 1.48 bits per heavy atom. The first kappa shape index (κ1) is 23.1. The molecule has 0 N–H and O–H groups in total. The Balaban J connectivity index is 2.11. The summed E-state index contributed by atoms with van der Waals surface area (Å²) in [6.45, 7) is 4.26. The summed E-state index contributed by atoms with van der Waals surface area (Å²) in [5.74, 6) is -0.607. The molecule has 7 heteroatoms. The first-order valence-electron chi connectivity index (χ1n) is 8.06. The number of carbonyl (C=O) groups is 2. The fraction of sp³-hybridized carbons (Fsp3) is 0.444. The van der Waals surface area contributed by atoms with Gasteiger partial charge in [-0.25, -0.2) is 9.59 Å². The molecule has 0 aliphatic carbocycles. The largest absolute Gasteiger partial charge is 0.463 e. The van der Waals surface area contributed by atoms with Crippen LogP contribution in [0.2, 0.25) is 0 Å². The van der Waals surface area contributed by atoms with Crippen LogP contribution < -0.4 is 0 Å². The molecule has 1 aromatic carbocycles. The molecule has 1 rings (SSSR count). The maximum atomic E-state index is 12.2. The third kappa shape index (κ3) is 9.55. The maximum absolute atomic E-state index is 12.2. The molecule has 0 amide bonds. The lowest BCUT2D eigenvalue weighted by molar-refractivity contribution is -0.137. The van der Waals surface area contributed by atoms with Crippen LogP contribution in [-0.2, 0) is 14.3 Å². The summed E-state index contributed by atoms with van der Waals surface area (Å²) in [5.41, 5.74) is 0.644. The third-order valence-corrected chi connectivity index (χ3v) is 7.06. The maximum Gasteiger partial charge on any atom is 0.339 e. The number of ether oxygens (including phenoxy) is 2. The minimum Gasteiger partial charge on any atom is -0.463 e. The first-order chi connectivity index (χ1) is 12.0. The quantitative estimate of drug-likeness (QED) is 0.0986. The van der Waals surface area contributed by atoms with Crippen molar-refractivity contribution in [2.24, 2.45) is 0 Å². The van der Waals surface area contributed by atoms with Crippen molar-refractivity contribution in [2.45, 2.75) is 38.5 Å². The van der Waals surface area contributed by atoms with Crippen molar-refractivity contribution in [3.8, 4) is 0 Å². The summed E-state index contributed by atoms with van der Waals surface area (Å²) in [5, 5.41) is 0. The van der Waals surface area contributed by atoms with Gasteiger partial charge < -0.3 is 9.47 Å². The number of esters is 2. The van der Waals surface area contributed by atoms with Crippen LogP contribution in [0.25, 0.3) is 0 Å². The Morgan fingerprint density at radius 3 is 2.08 bits per heavy atom. The summed E-state index contributed by atoms with van der Waals surface area (Å²) in [7, 11) is 0. The van der Waals surface area contributed by atoms with Crippen LogP contribution in [0, 0.1) is 10.7 Å². The highest BCUT2D eigenvalue weighted by Crippen LogP contribution is 2.23. The summed E-state index contributed by atoms with van der Waals surface area (Å²) >= 11 is 6.62. The zero-order valence-corrected chi connectivity index (χ0v) is 20.3. The molecule has 0 aliphatic rings. The second-order valence-electron chi connectivity index (χ2n) is 5.38. The molecule has 0 bridgehead atoms. The lowest BCUT2D eigenvalue weighted by atomic mass is 10.1. The molecule has 0 atom stereocenters. The van der Waals surface area contributed by atoms with Gasteiger partial charge >= 0.3 is 11.9 Å². The number of halogens is 3. The van der Waals surface area contributed by atoms with Crippen molar-refractivity contribution in [2.75, 3.05) is 13.2 Å². The van der Waals surface area contributed by atoms with Gasteiger partial charge in [0.05, 0.1) is 18.8 Å². The lowest BCUT2D eigenvalue weighted by Gasteiger charge is -2.08. The average molecular weight is 682 g/mol. The van der Waals surface area contributed by atoms with E-state index < -0.39 is 0 Å². The number of unbranched alkanes of at least 4 members (excludes halogenated alkanes) is 5. The van der Waals surface area contributed by atoms with Gasteiger partial charge in [-0.3, -0.25) is 0 Å². The molecule has 138 valence electrons. The Morgan fingerprint density at radius 1 is 0.920 bits per heavy atom. The van der Waals surface area contributed by atoms with Crippen LogP contribution in [0.5, 0.6) is 0 Å². The van der Waals surface area contributed by atoms with Gasteiger partial charge in [-0.15, -0.1) is 0 Å². The molecule has 0 fully saturated rings. The summed E-state index contributed by atoms with van der Waals surface area (Å²) in [4.78, 5) is 23.0. The minimum atomic E-state index is -0.362. The number of rotatable bonds is 11. The van der Waals surface area contributed by atoms with Crippen molar-refractivity contribution >= 4 is 79.7 Å². The number of hydrogen-bond donors (Lipinski definition) is 0. The van der Waals surface area contributed by atoms with Crippen molar-refractivity contribution in [1.82, 2.24) is 0 Å². The van der Waals surface area contributed by atoms with E-state index in [9.17, 15) is 9.59 Å². The first-order valence-corrected chi connectivity index (χ1v) is 11.3. The Kier molecular flexibility index (Phi) is 12.3. The van der Waals surface area contributed by atoms with E-state index in [0.29, 0.717) is 18.8 Å². The van der Waals surface area contributed by atoms with E-state index >= 15 is 0 Å². The van der Waals surface area contributed by atoms with Crippen LogP contribution in [0.3, 0.4) is 0 Å². The average Bonchev–Trinajstić information content (AvgIpc) is 2.59. The van der Waals surface area contributed by atoms with E-state index in [2.05, 4.69) is 74.4 Å². The van der Waals surface area contributed by atoms with Gasteiger partial charge in [-0.1, -0.05) is 32.3 Å². The second-order valence-corrected chi connectivity index (χ2v) is 8.86. The van der Waals surface area contributed by atoms with Gasteiger partial charge in [0, 0.05) is 16.8 Å². The Labute approximate surface area is 189 Å². The SMILES string of the molecule is C=CC(=O)OCCCCCCCCOC(=O)c1cc(I)cc(I)c1I. The zero-order chi connectivity index (χ0) is 18.7. The molecule has 4 nitrogen and oxygen atoms in total. The number of hydrogen-bond acceptors (Lipinski definition) is 4. The fourth-order valence-corrected chi connectivity index (χ4v) is 4.47. The molecule has 0 radical (unpaired) electrons. The highest BCUT2D eigenvalue weighted by atomic mass is 127. The molecule has 0 aromatic heterocycles. The summed E-state index contributed by atoms with van der Waals surface area (Å²) in [6.07, 6.45) is 7.16. The van der Waals surface area contributed by atoms with Gasteiger partial charge in [0.15, 0.2) is 0 Å². The lowest BCUT2D eigenvalue weighted by Crippen LogP contribution is -2.09. The smallest absolute Gasteiger partial charge is 0.339 e. The summed E-state index contributed by atoms with van der Waals surface area (Å²) in [6, 6.07) is 3.91. The van der Waals surface area contributed by atoms with E-state index in [4.69, 9.17) is 9.47 Å². The molecular formula is C18H21I3O4. The van der Waals surface area contributed by atoms with Crippen molar-refractivity contribution in [3.63, 3.8) is 0 Å². The molecule has 0 unspecified atom stereocenters. The summed E-state index contributed by atoms with van der Waals surface area (Å²) < 4.78 is 13.3. The van der Waals surface area contributed by atoms with E-state index in [1.54, 1.807) is 0 Å². The van der Waals surface area contributed by atoms with Crippen molar-refractivity contribution in [3.05, 3.63) is 41.1 Å². The third-order valence-electron chi connectivity index (χ3n) is 3.40. The van der Waals surface area contributed by atoms with Crippen LogP contribution in [0.1, 0.15) is 48.9 Å². The van der Waals surface area contributed by atoms with Gasteiger partial charge in [0.2, 0.25) is 0 Å². The van der Waals surface area contributed by atoms with E-state index in [-0.39, 0.29) is 11.9 Å². The molecule has 0 spiro atoms. The topological polar surface area (TPSA) is 52.6 Å². The van der Waals surface area contributed by atoms with Crippen LogP contribution in [0.4, 0.5) is 0 Å². The Bertz CT molecular complexity index is 602.